The number of nitrogens with one attached hydrogen (secondary N) is 1. The topological polar surface area (TPSA) is 67.5 Å². The molecule has 0 fully saturated rings. The minimum Gasteiger partial charge on any atom is -0.497 e. The first-order valence-corrected chi connectivity index (χ1v) is 9.64. The quantitative estimate of drug-likeness (QED) is 0.498. The van der Waals surface area contributed by atoms with Crippen LogP contribution in [0.4, 0.5) is 0 Å². The van der Waals surface area contributed by atoms with Gasteiger partial charge in [-0.05, 0) is 47.5 Å². The van der Waals surface area contributed by atoms with Crippen LogP contribution in [0.3, 0.4) is 0 Å². The Bertz CT molecular complexity index is 1140. The summed E-state index contributed by atoms with van der Waals surface area (Å²) >= 11 is 0. The van der Waals surface area contributed by atoms with E-state index in [1.54, 1.807) is 32.8 Å². The Balaban J connectivity index is 1.68. The van der Waals surface area contributed by atoms with Crippen LogP contribution in [0.15, 0.2) is 73.2 Å². The molecule has 4 aromatic rings. The maximum absolute atomic E-state index is 13.6. The third kappa shape index (κ3) is 4.12. The summed E-state index contributed by atoms with van der Waals surface area (Å²) in [5.41, 5.74) is 3.49. The molecule has 2 aromatic carbocycles. The maximum atomic E-state index is 13.6. The number of carbonyl (C=O) groups is 1. The second kappa shape index (κ2) is 8.69. The Kier molecular flexibility index (Phi) is 5.66. The summed E-state index contributed by atoms with van der Waals surface area (Å²) in [6.45, 7) is 0.920. The molecule has 2 aromatic heterocycles. The van der Waals surface area contributed by atoms with Gasteiger partial charge in [0.05, 0.1) is 19.8 Å². The molecule has 0 aliphatic heterocycles. The van der Waals surface area contributed by atoms with E-state index in [1.807, 2.05) is 59.5 Å². The fraction of sp³-hybridized carbons (Fsp3) is 0.167. The van der Waals surface area contributed by atoms with E-state index in [-0.39, 0.29) is 5.91 Å². The fourth-order valence-corrected chi connectivity index (χ4v) is 3.44. The number of carbonyl (C=O) groups excluding carboxylic acids is 1. The molecule has 0 atom stereocenters. The van der Waals surface area contributed by atoms with Crippen molar-refractivity contribution in [2.75, 3.05) is 14.2 Å². The lowest BCUT2D eigenvalue weighted by molar-refractivity contribution is 0.0732. The number of H-pyrrole nitrogens is 1. The molecular weight excluding hydrogens is 378 g/mol. The number of amides is 1. The van der Waals surface area contributed by atoms with Crippen LogP contribution >= 0.6 is 0 Å². The van der Waals surface area contributed by atoms with Crippen LogP contribution in [0.2, 0.25) is 0 Å². The van der Waals surface area contributed by atoms with E-state index in [9.17, 15) is 4.79 Å². The first-order valence-electron chi connectivity index (χ1n) is 9.64. The van der Waals surface area contributed by atoms with E-state index >= 15 is 0 Å². The standard InChI is InChI=1S/C24H23N3O3/c1-29-19-7-5-17(6-8-19)15-27(16-18-4-3-11-25-13-18)24(28)22-14-26-23-10-9-20(30-2)12-21(22)23/h3-14,26H,15-16H2,1-2H3. The molecule has 0 radical (unpaired) electrons. The number of benzene rings is 2. The van der Waals surface area contributed by atoms with Crippen LogP contribution < -0.4 is 9.47 Å². The largest absolute Gasteiger partial charge is 0.497 e. The van der Waals surface area contributed by atoms with Crippen molar-refractivity contribution in [1.29, 1.82) is 0 Å². The van der Waals surface area contributed by atoms with E-state index < -0.39 is 0 Å². The summed E-state index contributed by atoms with van der Waals surface area (Å²) < 4.78 is 10.6. The van der Waals surface area contributed by atoms with Crippen molar-refractivity contribution >= 4 is 16.8 Å². The second-order valence-electron chi connectivity index (χ2n) is 6.98. The molecule has 1 amide bonds. The van der Waals surface area contributed by atoms with Gasteiger partial charge in [0, 0.05) is 42.6 Å². The summed E-state index contributed by atoms with van der Waals surface area (Å²) in [6.07, 6.45) is 5.27. The molecule has 1 N–H and O–H groups in total. The molecule has 6 heteroatoms. The van der Waals surface area contributed by atoms with E-state index in [1.165, 1.54) is 0 Å². The summed E-state index contributed by atoms with van der Waals surface area (Å²) in [5, 5.41) is 0.838. The molecule has 0 spiro atoms. The van der Waals surface area contributed by atoms with E-state index in [4.69, 9.17) is 9.47 Å². The highest BCUT2D eigenvalue weighted by Gasteiger charge is 2.20. The highest BCUT2D eigenvalue weighted by Crippen LogP contribution is 2.26. The summed E-state index contributed by atoms with van der Waals surface area (Å²) in [7, 11) is 3.26. The number of rotatable bonds is 7. The van der Waals surface area contributed by atoms with Gasteiger partial charge in [0.2, 0.25) is 0 Å². The predicted octanol–water partition coefficient (Wildman–Crippen LogP) is 4.42. The van der Waals surface area contributed by atoms with Gasteiger partial charge in [0.15, 0.2) is 0 Å². The average molecular weight is 401 g/mol. The van der Waals surface area contributed by atoms with Gasteiger partial charge in [0.25, 0.3) is 5.91 Å². The summed E-state index contributed by atoms with van der Waals surface area (Å²) in [4.78, 5) is 22.8. The van der Waals surface area contributed by atoms with Crippen LogP contribution in [0.1, 0.15) is 21.5 Å². The normalized spacial score (nSPS) is 10.7. The van der Waals surface area contributed by atoms with Gasteiger partial charge in [-0.25, -0.2) is 0 Å². The number of ether oxygens (including phenoxy) is 2. The fourth-order valence-electron chi connectivity index (χ4n) is 3.44. The van der Waals surface area contributed by atoms with E-state index in [0.717, 1.165) is 27.8 Å². The van der Waals surface area contributed by atoms with Crippen molar-refractivity contribution < 1.29 is 14.3 Å². The number of pyridine rings is 1. The van der Waals surface area contributed by atoms with Gasteiger partial charge < -0.3 is 19.4 Å². The molecule has 0 aliphatic carbocycles. The number of hydrogen-bond acceptors (Lipinski definition) is 4. The number of hydrogen-bond donors (Lipinski definition) is 1. The molecule has 0 bridgehead atoms. The zero-order valence-corrected chi connectivity index (χ0v) is 17.0. The highest BCUT2D eigenvalue weighted by molar-refractivity contribution is 6.07. The van der Waals surface area contributed by atoms with Crippen LogP contribution in [-0.2, 0) is 13.1 Å². The maximum Gasteiger partial charge on any atom is 0.256 e. The molecule has 2 heterocycles. The number of methoxy groups -OCH3 is 2. The first-order chi connectivity index (χ1) is 14.7. The van der Waals surface area contributed by atoms with Gasteiger partial charge >= 0.3 is 0 Å². The minimum absolute atomic E-state index is 0.0609. The van der Waals surface area contributed by atoms with Crippen molar-refractivity contribution in [3.63, 3.8) is 0 Å². The van der Waals surface area contributed by atoms with Gasteiger partial charge in [-0.2, -0.15) is 0 Å². The smallest absolute Gasteiger partial charge is 0.256 e. The van der Waals surface area contributed by atoms with Gasteiger partial charge in [0.1, 0.15) is 11.5 Å². The van der Waals surface area contributed by atoms with Crippen molar-refractivity contribution in [1.82, 2.24) is 14.9 Å². The van der Waals surface area contributed by atoms with Gasteiger partial charge in [-0.1, -0.05) is 18.2 Å². The third-order valence-electron chi connectivity index (χ3n) is 5.04. The lowest BCUT2D eigenvalue weighted by Gasteiger charge is -2.23. The lowest BCUT2D eigenvalue weighted by atomic mass is 10.1. The molecule has 4 rings (SSSR count). The number of aromatic nitrogens is 2. The molecule has 152 valence electrons. The highest BCUT2D eigenvalue weighted by atomic mass is 16.5. The van der Waals surface area contributed by atoms with Crippen LogP contribution in [0, 0.1) is 0 Å². The summed E-state index contributed by atoms with van der Waals surface area (Å²) in [6, 6.07) is 17.3. The van der Waals surface area contributed by atoms with Crippen molar-refractivity contribution in [3.8, 4) is 11.5 Å². The first kappa shape index (κ1) is 19.5. The molecular formula is C24H23N3O3. The molecule has 30 heavy (non-hydrogen) atoms. The molecule has 0 unspecified atom stereocenters. The zero-order chi connectivity index (χ0) is 20.9. The van der Waals surface area contributed by atoms with Crippen molar-refractivity contribution in [2.45, 2.75) is 13.1 Å². The number of aromatic amines is 1. The number of fused-ring (bicyclic) bond motifs is 1. The van der Waals surface area contributed by atoms with Gasteiger partial charge in [-0.15, -0.1) is 0 Å². The third-order valence-corrected chi connectivity index (χ3v) is 5.04. The van der Waals surface area contributed by atoms with Crippen LogP contribution in [-0.4, -0.2) is 35.0 Å². The SMILES string of the molecule is COc1ccc(CN(Cc2cccnc2)C(=O)c2c[nH]c3ccc(OC)cc23)cc1. The molecule has 0 saturated heterocycles. The van der Waals surface area contributed by atoms with E-state index in [2.05, 4.69) is 9.97 Å². The van der Waals surface area contributed by atoms with Gasteiger partial charge in [-0.3, -0.25) is 9.78 Å². The average Bonchev–Trinajstić information content (AvgIpc) is 3.22. The molecule has 6 nitrogen and oxygen atoms in total. The monoisotopic (exact) mass is 401 g/mol. The van der Waals surface area contributed by atoms with Crippen LogP contribution in [0.5, 0.6) is 11.5 Å². The Morgan fingerprint density at radius 1 is 0.967 bits per heavy atom. The minimum atomic E-state index is -0.0609. The Morgan fingerprint density at radius 3 is 2.40 bits per heavy atom. The predicted molar refractivity (Wildman–Crippen MR) is 116 cm³/mol. The Labute approximate surface area is 175 Å². The van der Waals surface area contributed by atoms with Crippen LogP contribution in [0.25, 0.3) is 10.9 Å². The van der Waals surface area contributed by atoms with E-state index in [0.29, 0.717) is 24.4 Å². The van der Waals surface area contributed by atoms with Crippen molar-refractivity contribution in [2.24, 2.45) is 0 Å². The molecule has 0 saturated carbocycles. The zero-order valence-electron chi connectivity index (χ0n) is 17.0. The Morgan fingerprint density at radius 2 is 1.70 bits per heavy atom. The Hall–Kier alpha value is -3.80. The number of nitrogens with zero attached hydrogens (tertiary/aromatic N) is 2. The second-order valence-corrected chi connectivity index (χ2v) is 6.98. The summed E-state index contributed by atoms with van der Waals surface area (Å²) in [5.74, 6) is 1.44. The lowest BCUT2D eigenvalue weighted by Crippen LogP contribution is -2.30. The molecule has 0 aliphatic rings. The van der Waals surface area contributed by atoms with Crippen molar-refractivity contribution in [3.05, 3.63) is 89.9 Å².